The Kier molecular flexibility index (Phi) is 4.52. The van der Waals surface area contributed by atoms with E-state index in [9.17, 15) is 8.42 Å². The van der Waals surface area contributed by atoms with Crippen LogP contribution in [0.15, 0.2) is 45.9 Å². The Bertz CT molecular complexity index is 757. The van der Waals surface area contributed by atoms with Gasteiger partial charge in [0.15, 0.2) is 5.76 Å². The number of sulfonamides is 1. The molecule has 2 N–H and O–H groups in total. The van der Waals surface area contributed by atoms with E-state index in [2.05, 4.69) is 5.16 Å². The smallest absolute Gasteiger partial charge is 0.243 e. The Labute approximate surface area is 136 Å². The standard InChI is InChI=1S/C16H21N3O3S/c1-12(17)13-5-4-10-19(11-13)23(20,21)16-7-3-2-6-14(16)15-8-9-18-22-15/h2-3,6-9,12-13H,4-5,10-11,17H2,1H3. The summed E-state index contributed by atoms with van der Waals surface area (Å²) in [4.78, 5) is 0.252. The fraction of sp³-hybridized carbons (Fsp3) is 0.438. The number of hydrogen-bond acceptors (Lipinski definition) is 5. The summed E-state index contributed by atoms with van der Waals surface area (Å²) in [5.41, 5.74) is 6.51. The molecule has 0 bridgehead atoms. The van der Waals surface area contributed by atoms with Crippen molar-refractivity contribution in [2.45, 2.75) is 30.7 Å². The SMILES string of the molecule is CC(N)C1CCCN(S(=O)(=O)c2ccccc2-c2ccno2)C1. The summed E-state index contributed by atoms with van der Waals surface area (Å²) >= 11 is 0. The highest BCUT2D eigenvalue weighted by Crippen LogP contribution is 2.31. The number of nitrogens with zero attached hydrogens (tertiary/aromatic N) is 2. The third kappa shape index (κ3) is 3.17. The monoisotopic (exact) mass is 335 g/mol. The van der Waals surface area contributed by atoms with Crippen LogP contribution >= 0.6 is 0 Å². The van der Waals surface area contributed by atoms with Gasteiger partial charge < -0.3 is 10.3 Å². The summed E-state index contributed by atoms with van der Waals surface area (Å²) in [5, 5.41) is 3.67. The predicted octanol–water partition coefficient (Wildman–Crippen LogP) is 2.09. The lowest BCUT2D eigenvalue weighted by Crippen LogP contribution is -2.45. The van der Waals surface area contributed by atoms with Crippen LogP contribution in [0.3, 0.4) is 0 Å². The van der Waals surface area contributed by atoms with E-state index in [0.29, 0.717) is 24.4 Å². The molecule has 1 fully saturated rings. The molecule has 3 rings (SSSR count). The van der Waals surface area contributed by atoms with Gasteiger partial charge in [-0.05, 0) is 37.8 Å². The highest BCUT2D eigenvalue weighted by Gasteiger charge is 2.33. The summed E-state index contributed by atoms with van der Waals surface area (Å²) in [6.07, 6.45) is 3.30. The van der Waals surface area contributed by atoms with Gasteiger partial charge in [0.25, 0.3) is 0 Å². The van der Waals surface area contributed by atoms with Gasteiger partial charge in [0.05, 0.1) is 11.1 Å². The molecule has 1 aromatic carbocycles. The molecule has 7 heteroatoms. The van der Waals surface area contributed by atoms with E-state index in [1.54, 1.807) is 34.6 Å². The highest BCUT2D eigenvalue weighted by molar-refractivity contribution is 7.89. The lowest BCUT2D eigenvalue weighted by molar-refractivity contribution is 0.243. The second-order valence-corrected chi connectivity index (χ2v) is 7.90. The van der Waals surface area contributed by atoms with Crippen molar-refractivity contribution in [1.29, 1.82) is 0 Å². The molecule has 0 radical (unpaired) electrons. The third-order valence-corrected chi connectivity index (χ3v) is 6.30. The summed E-state index contributed by atoms with van der Waals surface area (Å²) in [5.74, 6) is 0.640. The summed E-state index contributed by atoms with van der Waals surface area (Å²) in [7, 11) is -3.60. The first kappa shape index (κ1) is 16.2. The molecule has 2 aromatic rings. The van der Waals surface area contributed by atoms with Crippen LogP contribution in [0.25, 0.3) is 11.3 Å². The molecule has 1 saturated heterocycles. The van der Waals surface area contributed by atoms with Gasteiger partial charge >= 0.3 is 0 Å². The minimum absolute atomic E-state index is 0.0162. The Morgan fingerprint density at radius 3 is 2.83 bits per heavy atom. The summed E-state index contributed by atoms with van der Waals surface area (Å²) in [6.45, 7) is 2.92. The maximum Gasteiger partial charge on any atom is 0.243 e. The quantitative estimate of drug-likeness (QED) is 0.924. The molecule has 2 unspecified atom stereocenters. The van der Waals surface area contributed by atoms with Gasteiger partial charge in [0.1, 0.15) is 0 Å². The van der Waals surface area contributed by atoms with Crippen molar-refractivity contribution >= 4 is 10.0 Å². The third-order valence-electron chi connectivity index (χ3n) is 4.37. The molecular formula is C16H21N3O3S. The zero-order chi connectivity index (χ0) is 16.4. The van der Waals surface area contributed by atoms with Crippen molar-refractivity contribution in [3.8, 4) is 11.3 Å². The molecule has 2 heterocycles. The highest BCUT2D eigenvalue weighted by atomic mass is 32.2. The van der Waals surface area contributed by atoms with Crippen LogP contribution in [0.4, 0.5) is 0 Å². The largest absolute Gasteiger partial charge is 0.356 e. The van der Waals surface area contributed by atoms with E-state index in [4.69, 9.17) is 10.3 Å². The van der Waals surface area contributed by atoms with E-state index in [0.717, 1.165) is 12.8 Å². The van der Waals surface area contributed by atoms with Gasteiger partial charge in [-0.15, -0.1) is 0 Å². The van der Waals surface area contributed by atoms with E-state index in [-0.39, 0.29) is 16.9 Å². The van der Waals surface area contributed by atoms with Crippen LogP contribution in [-0.4, -0.2) is 37.0 Å². The van der Waals surface area contributed by atoms with Crippen LogP contribution in [0.5, 0.6) is 0 Å². The summed E-state index contributed by atoms with van der Waals surface area (Å²) in [6, 6.07) is 8.51. The zero-order valence-electron chi connectivity index (χ0n) is 13.1. The molecule has 2 atom stereocenters. The van der Waals surface area contributed by atoms with E-state index in [1.807, 2.05) is 6.92 Å². The van der Waals surface area contributed by atoms with Crippen molar-refractivity contribution in [1.82, 2.24) is 9.46 Å². The Morgan fingerprint density at radius 1 is 1.35 bits per heavy atom. The van der Waals surface area contributed by atoms with Crippen LogP contribution in [0, 0.1) is 5.92 Å². The normalized spacial score (nSPS) is 21.2. The molecule has 23 heavy (non-hydrogen) atoms. The number of nitrogens with two attached hydrogens (primary N) is 1. The average molecular weight is 335 g/mol. The average Bonchev–Trinajstić information content (AvgIpc) is 3.09. The number of hydrogen-bond donors (Lipinski definition) is 1. The molecule has 0 saturated carbocycles. The Morgan fingerprint density at radius 2 is 2.13 bits per heavy atom. The Balaban J connectivity index is 1.98. The molecule has 0 spiro atoms. The fourth-order valence-electron chi connectivity index (χ4n) is 3.01. The van der Waals surface area contributed by atoms with Gasteiger partial charge in [-0.2, -0.15) is 4.31 Å². The van der Waals surface area contributed by atoms with Gasteiger partial charge in [0, 0.05) is 30.8 Å². The number of benzene rings is 1. The molecule has 0 amide bonds. The van der Waals surface area contributed by atoms with Crippen molar-refractivity contribution < 1.29 is 12.9 Å². The lowest BCUT2D eigenvalue weighted by Gasteiger charge is -2.34. The van der Waals surface area contributed by atoms with Gasteiger partial charge in [0.2, 0.25) is 10.0 Å². The van der Waals surface area contributed by atoms with Crippen LogP contribution in [0.2, 0.25) is 0 Å². The van der Waals surface area contributed by atoms with Crippen LogP contribution in [0.1, 0.15) is 19.8 Å². The minimum Gasteiger partial charge on any atom is -0.356 e. The molecule has 1 aromatic heterocycles. The molecular weight excluding hydrogens is 314 g/mol. The van der Waals surface area contributed by atoms with E-state index < -0.39 is 10.0 Å². The van der Waals surface area contributed by atoms with E-state index in [1.165, 1.54) is 6.20 Å². The molecule has 124 valence electrons. The second-order valence-electron chi connectivity index (χ2n) is 6.00. The molecule has 0 aliphatic carbocycles. The topological polar surface area (TPSA) is 89.4 Å². The van der Waals surface area contributed by atoms with Crippen molar-refractivity contribution in [2.75, 3.05) is 13.1 Å². The van der Waals surface area contributed by atoms with Crippen molar-refractivity contribution in [2.24, 2.45) is 11.7 Å². The van der Waals surface area contributed by atoms with Crippen molar-refractivity contribution in [3.63, 3.8) is 0 Å². The molecule has 1 aliphatic heterocycles. The predicted molar refractivity (Wildman–Crippen MR) is 87.1 cm³/mol. The lowest BCUT2D eigenvalue weighted by atomic mass is 9.93. The molecule has 6 nitrogen and oxygen atoms in total. The fourth-order valence-corrected chi connectivity index (χ4v) is 4.74. The van der Waals surface area contributed by atoms with Crippen molar-refractivity contribution in [3.05, 3.63) is 36.5 Å². The first-order valence-corrected chi connectivity index (χ1v) is 9.20. The maximum atomic E-state index is 13.1. The van der Waals surface area contributed by atoms with Gasteiger partial charge in [-0.25, -0.2) is 8.42 Å². The second kappa shape index (κ2) is 6.43. The molecule has 1 aliphatic rings. The van der Waals surface area contributed by atoms with E-state index >= 15 is 0 Å². The van der Waals surface area contributed by atoms with Gasteiger partial charge in [-0.3, -0.25) is 0 Å². The first-order valence-electron chi connectivity index (χ1n) is 7.76. The van der Waals surface area contributed by atoms with Crippen LogP contribution in [-0.2, 0) is 10.0 Å². The number of rotatable bonds is 4. The number of piperidine rings is 1. The minimum atomic E-state index is -3.60. The summed E-state index contributed by atoms with van der Waals surface area (Å²) < 4.78 is 32.9. The Hall–Kier alpha value is -1.70. The van der Waals surface area contributed by atoms with Crippen LogP contribution < -0.4 is 5.73 Å². The first-order chi connectivity index (χ1) is 11.0. The zero-order valence-corrected chi connectivity index (χ0v) is 13.9. The maximum absolute atomic E-state index is 13.1. The van der Waals surface area contributed by atoms with Gasteiger partial charge in [-0.1, -0.05) is 17.3 Å². The number of aromatic nitrogens is 1.